The zero-order valence-corrected chi connectivity index (χ0v) is 13.8. The lowest BCUT2D eigenvalue weighted by Crippen LogP contribution is -2.14. The van der Waals surface area contributed by atoms with Gasteiger partial charge in [0.1, 0.15) is 10.6 Å². The molecule has 0 aliphatic carbocycles. The van der Waals surface area contributed by atoms with Crippen LogP contribution in [0.3, 0.4) is 0 Å². The summed E-state index contributed by atoms with van der Waals surface area (Å²) in [5.41, 5.74) is 3.51. The topological polar surface area (TPSA) is 67.2 Å². The summed E-state index contributed by atoms with van der Waals surface area (Å²) in [7, 11) is -3.95. The molecule has 2 rings (SSSR count). The number of rotatable bonds is 3. The standard InChI is InChI=1S/C17H17NO3S/c1-11-8-12(2)14(4)17(13(11)3)22(19,20)21-16-7-5-6-15(9-16)10-18/h5-9H,1-4H3. The van der Waals surface area contributed by atoms with Crippen molar-refractivity contribution in [2.24, 2.45) is 0 Å². The Labute approximate surface area is 131 Å². The molecule has 5 heteroatoms. The summed E-state index contributed by atoms with van der Waals surface area (Å²) in [4.78, 5) is 0.201. The van der Waals surface area contributed by atoms with Gasteiger partial charge in [-0.05, 0) is 68.1 Å². The predicted octanol–water partition coefficient (Wildman–Crippen LogP) is 3.56. The summed E-state index contributed by atoms with van der Waals surface area (Å²) in [5.74, 6) is 0.136. The first-order chi connectivity index (χ1) is 10.3. The average Bonchev–Trinajstić information content (AvgIpc) is 2.45. The van der Waals surface area contributed by atoms with Crippen LogP contribution in [0.5, 0.6) is 5.75 Å². The van der Waals surface area contributed by atoms with Crippen molar-refractivity contribution < 1.29 is 12.6 Å². The molecule has 0 aromatic heterocycles. The van der Waals surface area contributed by atoms with Gasteiger partial charge in [-0.1, -0.05) is 12.1 Å². The van der Waals surface area contributed by atoms with Gasteiger partial charge in [-0.15, -0.1) is 0 Å². The lowest BCUT2D eigenvalue weighted by Gasteiger charge is -2.15. The molecule has 0 aliphatic heterocycles. The number of nitriles is 1. The van der Waals surface area contributed by atoms with Crippen LogP contribution in [-0.4, -0.2) is 8.42 Å². The summed E-state index contributed by atoms with van der Waals surface area (Å²) in [6.07, 6.45) is 0. The van der Waals surface area contributed by atoms with E-state index in [9.17, 15) is 8.42 Å². The van der Waals surface area contributed by atoms with Gasteiger partial charge in [-0.2, -0.15) is 13.7 Å². The molecule has 0 atom stereocenters. The summed E-state index contributed by atoms with van der Waals surface area (Å²) in [6.45, 7) is 7.28. The van der Waals surface area contributed by atoms with Crippen LogP contribution in [-0.2, 0) is 10.1 Å². The molecule has 22 heavy (non-hydrogen) atoms. The third kappa shape index (κ3) is 2.97. The molecule has 0 amide bonds. The third-order valence-electron chi connectivity index (χ3n) is 3.72. The Morgan fingerprint density at radius 1 is 1.00 bits per heavy atom. The molecule has 2 aromatic rings. The molecule has 0 radical (unpaired) electrons. The first-order valence-corrected chi connectivity index (χ1v) is 8.19. The Morgan fingerprint density at radius 3 is 2.14 bits per heavy atom. The van der Waals surface area contributed by atoms with Crippen molar-refractivity contribution in [3.05, 3.63) is 58.1 Å². The second-order valence-corrected chi connectivity index (χ2v) is 6.75. The molecule has 0 aliphatic rings. The van der Waals surface area contributed by atoms with E-state index in [2.05, 4.69) is 0 Å². The molecule has 4 nitrogen and oxygen atoms in total. The number of nitrogens with zero attached hydrogens (tertiary/aromatic N) is 1. The minimum Gasteiger partial charge on any atom is -0.379 e. The van der Waals surface area contributed by atoms with Gasteiger partial charge in [0.25, 0.3) is 0 Å². The lowest BCUT2D eigenvalue weighted by molar-refractivity contribution is 0.484. The summed E-state index contributed by atoms with van der Waals surface area (Å²) in [5, 5.41) is 8.88. The van der Waals surface area contributed by atoms with Crippen LogP contribution in [0.2, 0.25) is 0 Å². The summed E-state index contributed by atoms with van der Waals surface area (Å²) < 4.78 is 30.5. The normalized spacial score (nSPS) is 11.0. The van der Waals surface area contributed by atoms with Crippen LogP contribution < -0.4 is 4.18 Å². The fourth-order valence-electron chi connectivity index (χ4n) is 2.34. The molecular weight excluding hydrogens is 298 g/mol. The van der Waals surface area contributed by atoms with Crippen LogP contribution in [0.1, 0.15) is 27.8 Å². The maximum Gasteiger partial charge on any atom is 0.339 e. The molecule has 0 heterocycles. The quantitative estimate of drug-likeness (QED) is 0.812. The Kier molecular flexibility index (Phi) is 4.25. The van der Waals surface area contributed by atoms with E-state index >= 15 is 0 Å². The Bertz CT molecular complexity index is 851. The number of benzene rings is 2. The molecule has 0 bridgehead atoms. The maximum atomic E-state index is 12.6. The molecule has 0 saturated carbocycles. The smallest absolute Gasteiger partial charge is 0.339 e. The highest BCUT2D eigenvalue weighted by molar-refractivity contribution is 7.87. The van der Waals surface area contributed by atoms with Crippen LogP contribution in [0.15, 0.2) is 35.2 Å². The van der Waals surface area contributed by atoms with Gasteiger partial charge in [0, 0.05) is 0 Å². The Hall–Kier alpha value is -2.32. The number of aryl methyl sites for hydroxylation is 2. The van der Waals surface area contributed by atoms with Crippen molar-refractivity contribution in [1.29, 1.82) is 5.26 Å². The van der Waals surface area contributed by atoms with Gasteiger partial charge in [-0.3, -0.25) is 0 Å². The Morgan fingerprint density at radius 2 is 1.59 bits per heavy atom. The van der Waals surface area contributed by atoms with Crippen LogP contribution >= 0.6 is 0 Å². The van der Waals surface area contributed by atoms with Gasteiger partial charge < -0.3 is 4.18 Å². The van der Waals surface area contributed by atoms with E-state index < -0.39 is 10.1 Å². The average molecular weight is 315 g/mol. The van der Waals surface area contributed by atoms with E-state index in [4.69, 9.17) is 9.44 Å². The van der Waals surface area contributed by atoms with Gasteiger partial charge in [0.05, 0.1) is 11.6 Å². The molecule has 0 fully saturated rings. The lowest BCUT2D eigenvalue weighted by atomic mass is 10.0. The van der Waals surface area contributed by atoms with E-state index in [1.165, 1.54) is 12.1 Å². The highest BCUT2D eigenvalue weighted by Gasteiger charge is 2.24. The van der Waals surface area contributed by atoms with Crippen LogP contribution in [0.4, 0.5) is 0 Å². The van der Waals surface area contributed by atoms with Crippen LogP contribution in [0.25, 0.3) is 0 Å². The monoisotopic (exact) mass is 315 g/mol. The largest absolute Gasteiger partial charge is 0.379 e. The fourth-order valence-corrected chi connectivity index (χ4v) is 3.85. The predicted molar refractivity (Wildman–Crippen MR) is 84.4 cm³/mol. The Balaban J connectivity index is 2.55. The van der Waals surface area contributed by atoms with E-state index in [1.807, 2.05) is 26.0 Å². The zero-order valence-electron chi connectivity index (χ0n) is 13.0. The van der Waals surface area contributed by atoms with E-state index in [0.29, 0.717) is 16.7 Å². The summed E-state index contributed by atoms with van der Waals surface area (Å²) in [6, 6.07) is 10.0. The van der Waals surface area contributed by atoms with Crippen molar-refractivity contribution in [2.45, 2.75) is 32.6 Å². The number of hydrogen-bond donors (Lipinski definition) is 0. The molecule has 114 valence electrons. The van der Waals surface area contributed by atoms with Gasteiger partial charge in [0.2, 0.25) is 0 Å². The maximum absolute atomic E-state index is 12.6. The van der Waals surface area contributed by atoms with E-state index in [1.54, 1.807) is 26.0 Å². The zero-order chi connectivity index (χ0) is 16.5. The SMILES string of the molecule is Cc1cc(C)c(C)c(S(=O)(=O)Oc2cccc(C#N)c2)c1C. The molecule has 0 N–H and O–H groups in total. The first kappa shape index (κ1) is 16.1. The fraction of sp³-hybridized carbons (Fsp3) is 0.235. The van der Waals surface area contributed by atoms with Crippen molar-refractivity contribution in [1.82, 2.24) is 0 Å². The van der Waals surface area contributed by atoms with E-state index in [-0.39, 0.29) is 10.6 Å². The third-order valence-corrected chi connectivity index (χ3v) is 5.24. The molecular formula is C17H17NO3S. The molecule has 2 aromatic carbocycles. The van der Waals surface area contributed by atoms with Crippen molar-refractivity contribution in [3.63, 3.8) is 0 Å². The highest BCUT2D eigenvalue weighted by atomic mass is 32.2. The van der Waals surface area contributed by atoms with E-state index in [0.717, 1.165) is 11.1 Å². The van der Waals surface area contributed by atoms with Crippen LogP contribution in [0, 0.1) is 39.0 Å². The van der Waals surface area contributed by atoms with Gasteiger partial charge in [-0.25, -0.2) is 0 Å². The van der Waals surface area contributed by atoms with Crippen molar-refractivity contribution in [3.8, 4) is 11.8 Å². The first-order valence-electron chi connectivity index (χ1n) is 6.78. The second kappa shape index (κ2) is 5.82. The van der Waals surface area contributed by atoms with Gasteiger partial charge >= 0.3 is 10.1 Å². The van der Waals surface area contributed by atoms with Crippen molar-refractivity contribution in [2.75, 3.05) is 0 Å². The minimum absolute atomic E-state index is 0.136. The highest BCUT2D eigenvalue weighted by Crippen LogP contribution is 2.28. The summed E-state index contributed by atoms with van der Waals surface area (Å²) >= 11 is 0. The second-order valence-electron chi connectivity index (χ2n) is 5.27. The number of hydrogen-bond acceptors (Lipinski definition) is 4. The van der Waals surface area contributed by atoms with Gasteiger partial charge in [0.15, 0.2) is 0 Å². The minimum atomic E-state index is -3.95. The van der Waals surface area contributed by atoms with Crippen molar-refractivity contribution >= 4 is 10.1 Å². The molecule has 0 saturated heterocycles. The molecule has 0 spiro atoms. The molecule has 0 unspecified atom stereocenters.